The highest BCUT2D eigenvalue weighted by atomic mass is 79.9. The lowest BCUT2D eigenvalue weighted by atomic mass is 10.2. The normalized spacial score (nSPS) is 21.5. The Balaban J connectivity index is 2.10. The summed E-state index contributed by atoms with van der Waals surface area (Å²) in [7, 11) is 2.17. The van der Waals surface area contributed by atoms with E-state index in [0.717, 1.165) is 21.6 Å². The van der Waals surface area contributed by atoms with E-state index < -0.39 is 0 Å². The van der Waals surface area contributed by atoms with Crippen molar-refractivity contribution in [2.24, 2.45) is 0 Å². The quantitative estimate of drug-likeness (QED) is 0.810. The van der Waals surface area contributed by atoms with Gasteiger partial charge in [0.2, 0.25) is 0 Å². The number of nitrogens with zero attached hydrogens (tertiary/aromatic N) is 4. The maximum absolute atomic E-state index is 4.72. The minimum atomic E-state index is 0.466. The minimum absolute atomic E-state index is 0.466. The van der Waals surface area contributed by atoms with Crippen LogP contribution in [0.5, 0.6) is 0 Å². The van der Waals surface area contributed by atoms with E-state index in [4.69, 9.17) is 4.98 Å². The topological polar surface area (TPSA) is 33.4 Å². The molecular formula is C12H15BrN4. The van der Waals surface area contributed by atoms with Crippen LogP contribution in [0.1, 0.15) is 30.3 Å². The number of rotatable bonds is 1. The maximum Gasteiger partial charge on any atom is 0.158 e. The van der Waals surface area contributed by atoms with E-state index in [-0.39, 0.29) is 0 Å². The van der Waals surface area contributed by atoms with Gasteiger partial charge in [-0.2, -0.15) is 0 Å². The van der Waals surface area contributed by atoms with Gasteiger partial charge in [0.1, 0.15) is 4.60 Å². The SMILES string of the molecule is Cc1nc(Br)cn2cc(C3CCCN3C)nc12. The molecule has 0 aliphatic carbocycles. The van der Waals surface area contributed by atoms with Crippen molar-refractivity contribution in [3.63, 3.8) is 0 Å². The minimum Gasteiger partial charge on any atom is -0.303 e. The van der Waals surface area contributed by atoms with Gasteiger partial charge in [0, 0.05) is 12.4 Å². The highest BCUT2D eigenvalue weighted by Crippen LogP contribution is 2.30. The third-order valence-corrected chi connectivity index (χ3v) is 3.84. The second-order valence-electron chi connectivity index (χ2n) is 4.68. The molecule has 3 rings (SSSR count). The molecule has 1 unspecified atom stereocenters. The van der Waals surface area contributed by atoms with Crippen LogP contribution >= 0.6 is 15.9 Å². The van der Waals surface area contributed by atoms with Crippen LogP contribution in [0, 0.1) is 6.92 Å². The molecule has 0 bridgehead atoms. The predicted molar refractivity (Wildman–Crippen MR) is 70.0 cm³/mol. The number of likely N-dealkylation sites (tertiary alicyclic amines) is 1. The van der Waals surface area contributed by atoms with E-state index in [1.54, 1.807) is 0 Å². The summed E-state index contributed by atoms with van der Waals surface area (Å²) in [6, 6.07) is 0.466. The fourth-order valence-corrected chi connectivity index (χ4v) is 3.06. The van der Waals surface area contributed by atoms with Gasteiger partial charge in [0.15, 0.2) is 5.65 Å². The molecule has 1 aliphatic heterocycles. The van der Waals surface area contributed by atoms with Crippen LogP contribution in [0.3, 0.4) is 0 Å². The van der Waals surface area contributed by atoms with Crippen molar-refractivity contribution in [1.29, 1.82) is 0 Å². The summed E-state index contributed by atoms with van der Waals surface area (Å²) in [5.41, 5.74) is 3.09. The molecule has 2 aromatic heterocycles. The number of halogens is 1. The fraction of sp³-hybridized carbons (Fsp3) is 0.500. The Morgan fingerprint density at radius 3 is 2.88 bits per heavy atom. The molecule has 1 saturated heterocycles. The largest absolute Gasteiger partial charge is 0.303 e. The van der Waals surface area contributed by atoms with Gasteiger partial charge in [0.05, 0.1) is 17.4 Å². The lowest BCUT2D eigenvalue weighted by molar-refractivity contribution is 0.313. The Kier molecular flexibility index (Phi) is 2.67. The van der Waals surface area contributed by atoms with E-state index in [9.17, 15) is 0 Å². The average Bonchev–Trinajstić information content (AvgIpc) is 2.83. The van der Waals surface area contributed by atoms with E-state index >= 15 is 0 Å². The van der Waals surface area contributed by atoms with Crippen molar-refractivity contribution >= 4 is 21.6 Å². The zero-order valence-corrected chi connectivity index (χ0v) is 11.6. The molecule has 2 aromatic rings. The average molecular weight is 295 g/mol. The van der Waals surface area contributed by atoms with Crippen molar-refractivity contribution in [2.75, 3.05) is 13.6 Å². The molecule has 3 heterocycles. The van der Waals surface area contributed by atoms with Gasteiger partial charge in [-0.1, -0.05) is 0 Å². The van der Waals surface area contributed by atoms with E-state index in [2.05, 4.69) is 43.5 Å². The predicted octanol–water partition coefficient (Wildman–Crippen LogP) is 2.57. The molecule has 4 nitrogen and oxygen atoms in total. The van der Waals surface area contributed by atoms with Gasteiger partial charge < -0.3 is 4.40 Å². The molecule has 0 saturated carbocycles. The molecular weight excluding hydrogens is 280 g/mol. The zero-order valence-electron chi connectivity index (χ0n) is 10.0. The Hall–Kier alpha value is -0.940. The summed E-state index contributed by atoms with van der Waals surface area (Å²) in [5.74, 6) is 0. The first kappa shape index (κ1) is 11.2. The molecule has 17 heavy (non-hydrogen) atoms. The summed E-state index contributed by atoms with van der Waals surface area (Å²) in [4.78, 5) is 11.5. The molecule has 0 spiro atoms. The third kappa shape index (κ3) is 1.87. The van der Waals surface area contributed by atoms with Crippen LogP contribution in [0.4, 0.5) is 0 Å². The maximum atomic E-state index is 4.72. The lowest BCUT2D eigenvalue weighted by Crippen LogP contribution is -2.17. The third-order valence-electron chi connectivity index (χ3n) is 3.46. The number of hydrogen-bond donors (Lipinski definition) is 0. The Labute approximate surface area is 109 Å². The Morgan fingerprint density at radius 1 is 1.35 bits per heavy atom. The summed E-state index contributed by atoms with van der Waals surface area (Å²) in [5, 5.41) is 0. The number of fused-ring (bicyclic) bond motifs is 1. The highest BCUT2D eigenvalue weighted by Gasteiger charge is 2.25. The van der Waals surface area contributed by atoms with Crippen LogP contribution in [-0.2, 0) is 0 Å². The summed E-state index contributed by atoms with van der Waals surface area (Å²) in [6.45, 7) is 3.16. The van der Waals surface area contributed by atoms with Crippen molar-refractivity contribution in [2.45, 2.75) is 25.8 Å². The molecule has 0 amide bonds. The van der Waals surface area contributed by atoms with Crippen molar-refractivity contribution in [1.82, 2.24) is 19.3 Å². The van der Waals surface area contributed by atoms with Crippen molar-refractivity contribution < 1.29 is 0 Å². The number of imidazole rings is 1. The molecule has 1 fully saturated rings. The van der Waals surface area contributed by atoms with Gasteiger partial charge in [-0.25, -0.2) is 9.97 Å². The molecule has 0 aromatic carbocycles. The smallest absolute Gasteiger partial charge is 0.158 e. The van der Waals surface area contributed by atoms with Crippen LogP contribution in [0.2, 0.25) is 0 Å². The van der Waals surface area contributed by atoms with E-state index in [1.807, 2.05) is 13.1 Å². The zero-order chi connectivity index (χ0) is 12.0. The van der Waals surface area contributed by atoms with Gasteiger partial charge in [-0.15, -0.1) is 0 Å². The van der Waals surface area contributed by atoms with Crippen molar-refractivity contribution in [3.05, 3.63) is 28.4 Å². The first-order valence-electron chi connectivity index (χ1n) is 5.87. The van der Waals surface area contributed by atoms with Crippen LogP contribution in [0.25, 0.3) is 5.65 Å². The Morgan fingerprint density at radius 2 is 2.18 bits per heavy atom. The molecule has 1 aliphatic rings. The second-order valence-corrected chi connectivity index (χ2v) is 5.50. The number of aryl methyl sites for hydroxylation is 1. The molecule has 0 N–H and O–H groups in total. The molecule has 0 radical (unpaired) electrons. The summed E-state index contributed by atoms with van der Waals surface area (Å²) in [6.07, 6.45) is 6.55. The highest BCUT2D eigenvalue weighted by molar-refractivity contribution is 9.10. The molecule has 90 valence electrons. The first-order chi connectivity index (χ1) is 8.15. The van der Waals surface area contributed by atoms with Crippen LogP contribution < -0.4 is 0 Å². The number of aromatic nitrogens is 3. The van der Waals surface area contributed by atoms with Crippen molar-refractivity contribution in [3.8, 4) is 0 Å². The van der Waals surface area contributed by atoms with E-state index in [1.165, 1.54) is 19.4 Å². The summed E-state index contributed by atoms with van der Waals surface area (Å²) < 4.78 is 2.92. The van der Waals surface area contributed by atoms with Gasteiger partial charge in [-0.05, 0) is 49.3 Å². The van der Waals surface area contributed by atoms with Crippen LogP contribution in [-0.4, -0.2) is 32.9 Å². The molecule has 5 heteroatoms. The fourth-order valence-electron chi connectivity index (χ4n) is 2.58. The van der Waals surface area contributed by atoms with Crippen LogP contribution in [0.15, 0.2) is 17.0 Å². The monoisotopic (exact) mass is 294 g/mol. The molecule has 1 atom stereocenters. The second kappa shape index (κ2) is 4.07. The van der Waals surface area contributed by atoms with Gasteiger partial charge in [0.25, 0.3) is 0 Å². The lowest BCUT2D eigenvalue weighted by Gasteiger charge is -2.16. The summed E-state index contributed by atoms with van der Waals surface area (Å²) >= 11 is 3.42. The van der Waals surface area contributed by atoms with E-state index in [0.29, 0.717) is 6.04 Å². The number of hydrogen-bond acceptors (Lipinski definition) is 3. The first-order valence-corrected chi connectivity index (χ1v) is 6.66. The van der Waals surface area contributed by atoms with Gasteiger partial charge in [-0.3, -0.25) is 4.90 Å². The Bertz CT molecular complexity index is 563. The van der Waals surface area contributed by atoms with Gasteiger partial charge >= 0.3 is 0 Å². The standard InChI is InChI=1S/C12H15BrN4/c1-8-12-15-9(10-4-3-5-16(10)2)6-17(12)7-11(13)14-8/h6-7,10H,3-5H2,1-2H3.